The minimum atomic E-state index is -0.639. The summed E-state index contributed by atoms with van der Waals surface area (Å²) in [6.07, 6.45) is 1.17. The summed E-state index contributed by atoms with van der Waals surface area (Å²) in [5.74, 6) is -0.343. The zero-order valence-corrected chi connectivity index (χ0v) is 17.6. The van der Waals surface area contributed by atoms with Crippen LogP contribution in [0.15, 0.2) is 30.3 Å². The Morgan fingerprint density at radius 1 is 1.14 bits per heavy atom. The minimum Gasteiger partial charge on any atom is -0.461 e. The van der Waals surface area contributed by atoms with E-state index in [-0.39, 0.29) is 24.2 Å². The zero-order valence-electron chi connectivity index (χ0n) is 17.6. The van der Waals surface area contributed by atoms with Gasteiger partial charge in [0.2, 0.25) is 0 Å². The van der Waals surface area contributed by atoms with Crippen LogP contribution in [0, 0.1) is 0 Å². The molecule has 0 aromatic heterocycles. The van der Waals surface area contributed by atoms with Gasteiger partial charge in [0.25, 0.3) is 0 Å². The first-order valence-corrected chi connectivity index (χ1v) is 10.2. The van der Waals surface area contributed by atoms with E-state index in [0.717, 1.165) is 19.4 Å². The van der Waals surface area contributed by atoms with Gasteiger partial charge in [0.15, 0.2) is 0 Å². The van der Waals surface area contributed by atoms with Crippen LogP contribution in [-0.2, 0) is 20.8 Å². The van der Waals surface area contributed by atoms with Crippen molar-refractivity contribution in [1.82, 2.24) is 9.80 Å². The highest BCUT2D eigenvalue weighted by molar-refractivity contribution is 5.83. The summed E-state index contributed by atoms with van der Waals surface area (Å²) < 4.78 is 11.1. The van der Waals surface area contributed by atoms with E-state index in [2.05, 4.69) is 17.0 Å². The fraction of sp³-hybridized carbons (Fsp3) is 0.636. The van der Waals surface area contributed by atoms with Crippen LogP contribution < -0.4 is 0 Å². The van der Waals surface area contributed by atoms with Gasteiger partial charge in [0.05, 0.1) is 6.10 Å². The van der Waals surface area contributed by atoms with Crippen molar-refractivity contribution in [2.75, 3.05) is 6.54 Å². The number of likely N-dealkylation sites (tertiary alicyclic amines) is 1. The molecule has 28 heavy (non-hydrogen) atoms. The van der Waals surface area contributed by atoms with Crippen molar-refractivity contribution in [2.24, 2.45) is 0 Å². The molecule has 3 rings (SSSR count). The van der Waals surface area contributed by atoms with E-state index in [9.17, 15) is 9.59 Å². The Hall–Kier alpha value is -2.08. The van der Waals surface area contributed by atoms with Crippen molar-refractivity contribution in [3.05, 3.63) is 35.9 Å². The van der Waals surface area contributed by atoms with E-state index in [0.29, 0.717) is 6.54 Å². The number of piperazine rings is 1. The Kier molecular flexibility index (Phi) is 5.98. The third kappa shape index (κ3) is 4.66. The third-order valence-electron chi connectivity index (χ3n) is 5.23. The van der Waals surface area contributed by atoms with E-state index in [4.69, 9.17) is 9.47 Å². The Morgan fingerprint density at radius 2 is 1.82 bits per heavy atom. The van der Waals surface area contributed by atoms with Crippen LogP contribution in [0.1, 0.15) is 53.0 Å². The van der Waals surface area contributed by atoms with Gasteiger partial charge < -0.3 is 9.47 Å². The first kappa shape index (κ1) is 20.6. The standard InChI is InChI=1S/C22H32N2O4/c1-15(2)27-20(25)19-18-12-11-17(14-24(19)21(26)28-22(3,4)5)23(18)13-16-9-7-6-8-10-16/h6-10,15,17-19H,11-14H2,1-5H3/t17-,18+,19?/m0/s1. The number of carbonyl (C=O) groups is 2. The van der Waals surface area contributed by atoms with E-state index >= 15 is 0 Å². The molecule has 0 aliphatic carbocycles. The smallest absolute Gasteiger partial charge is 0.411 e. The van der Waals surface area contributed by atoms with Gasteiger partial charge in [-0.15, -0.1) is 0 Å². The maximum atomic E-state index is 13.0. The molecular formula is C22H32N2O4. The van der Waals surface area contributed by atoms with Gasteiger partial charge in [-0.25, -0.2) is 9.59 Å². The fourth-order valence-corrected chi connectivity index (χ4v) is 4.18. The monoisotopic (exact) mass is 388 g/mol. The highest BCUT2D eigenvalue weighted by Crippen LogP contribution is 2.37. The average Bonchev–Trinajstić information content (AvgIpc) is 2.85. The summed E-state index contributed by atoms with van der Waals surface area (Å²) >= 11 is 0. The van der Waals surface area contributed by atoms with Gasteiger partial charge in [0.1, 0.15) is 11.6 Å². The van der Waals surface area contributed by atoms with Crippen LogP contribution in [0.3, 0.4) is 0 Å². The number of hydrogen-bond donors (Lipinski definition) is 0. The SMILES string of the molecule is CC(C)OC(=O)C1[C@H]2CC[C@@H](CN1C(=O)OC(C)(C)C)N2Cc1ccccc1. The third-order valence-corrected chi connectivity index (χ3v) is 5.23. The predicted molar refractivity (Wildman–Crippen MR) is 107 cm³/mol. The van der Waals surface area contributed by atoms with Crippen molar-refractivity contribution in [2.45, 2.75) is 83.8 Å². The molecule has 0 N–H and O–H groups in total. The molecule has 2 aliphatic heterocycles. The Morgan fingerprint density at radius 3 is 2.43 bits per heavy atom. The number of amides is 1. The molecule has 6 heteroatoms. The number of carbonyl (C=O) groups excluding carboxylic acids is 2. The van der Waals surface area contributed by atoms with Crippen molar-refractivity contribution in [3.63, 3.8) is 0 Å². The summed E-state index contributed by atoms with van der Waals surface area (Å²) in [7, 11) is 0. The van der Waals surface area contributed by atoms with E-state index in [1.165, 1.54) is 5.56 Å². The number of rotatable bonds is 4. The molecule has 0 radical (unpaired) electrons. The Balaban J connectivity index is 1.85. The maximum Gasteiger partial charge on any atom is 0.411 e. The topological polar surface area (TPSA) is 59.1 Å². The van der Waals surface area contributed by atoms with Gasteiger partial charge in [-0.1, -0.05) is 30.3 Å². The molecule has 6 nitrogen and oxygen atoms in total. The molecule has 0 saturated carbocycles. The van der Waals surface area contributed by atoms with Crippen molar-refractivity contribution < 1.29 is 19.1 Å². The first-order chi connectivity index (χ1) is 13.2. The molecule has 1 unspecified atom stereocenters. The van der Waals surface area contributed by atoms with E-state index < -0.39 is 17.7 Å². The molecule has 2 heterocycles. The van der Waals surface area contributed by atoms with Crippen LogP contribution in [0.2, 0.25) is 0 Å². The summed E-state index contributed by atoms with van der Waals surface area (Å²) in [5.41, 5.74) is 0.602. The second-order valence-corrected chi connectivity index (χ2v) is 9.02. The van der Waals surface area contributed by atoms with Gasteiger partial charge in [0, 0.05) is 25.2 Å². The van der Waals surface area contributed by atoms with Gasteiger partial charge in [-0.05, 0) is 53.0 Å². The number of benzene rings is 1. The van der Waals surface area contributed by atoms with E-state index in [1.54, 1.807) is 4.90 Å². The molecule has 2 fully saturated rings. The Bertz CT molecular complexity index is 698. The summed E-state index contributed by atoms with van der Waals surface area (Å²) in [5, 5.41) is 0. The number of ether oxygens (including phenoxy) is 2. The molecular weight excluding hydrogens is 356 g/mol. The summed E-state index contributed by atoms with van der Waals surface area (Å²) in [6.45, 7) is 10.4. The quantitative estimate of drug-likeness (QED) is 0.738. The van der Waals surface area contributed by atoms with Gasteiger partial charge >= 0.3 is 12.1 Å². The molecule has 154 valence electrons. The zero-order chi connectivity index (χ0) is 20.5. The van der Waals surface area contributed by atoms with Crippen molar-refractivity contribution >= 4 is 12.1 Å². The molecule has 2 bridgehead atoms. The number of fused-ring (bicyclic) bond motifs is 2. The fourth-order valence-electron chi connectivity index (χ4n) is 4.18. The second-order valence-electron chi connectivity index (χ2n) is 9.02. The lowest BCUT2D eigenvalue weighted by Crippen LogP contribution is -2.64. The van der Waals surface area contributed by atoms with Gasteiger partial charge in [-0.3, -0.25) is 9.80 Å². The van der Waals surface area contributed by atoms with Crippen LogP contribution >= 0.6 is 0 Å². The van der Waals surface area contributed by atoms with Crippen LogP contribution in [0.4, 0.5) is 4.79 Å². The molecule has 1 aromatic rings. The number of esters is 1. The lowest BCUT2D eigenvalue weighted by atomic mass is 10.0. The lowest BCUT2D eigenvalue weighted by molar-refractivity contribution is -0.159. The minimum absolute atomic E-state index is 0.0577. The second kappa shape index (κ2) is 8.11. The number of hydrogen-bond acceptors (Lipinski definition) is 5. The van der Waals surface area contributed by atoms with Crippen molar-refractivity contribution in [3.8, 4) is 0 Å². The molecule has 2 saturated heterocycles. The highest BCUT2D eigenvalue weighted by Gasteiger charge is 2.52. The molecule has 1 amide bonds. The Labute approximate surface area is 167 Å². The summed E-state index contributed by atoms with van der Waals surface area (Å²) in [4.78, 5) is 29.8. The predicted octanol–water partition coefficient (Wildman–Crippen LogP) is 3.59. The first-order valence-electron chi connectivity index (χ1n) is 10.2. The highest BCUT2D eigenvalue weighted by atomic mass is 16.6. The molecule has 3 atom stereocenters. The largest absolute Gasteiger partial charge is 0.461 e. The molecule has 1 aromatic carbocycles. The molecule has 0 spiro atoms. The van der Waals surface area contributed by atoms with Crippen LogP contribution in [-0.4, -0.2) is 58.2 Å². The van der Waals surface area contributed by atoms with Crippen LogP contribution in [0.5, 0.6) is 0 Å². The van der Waals surface area contributed by atoms with E-state index in [1.807, 2.05) is 52.8 Å². The summed E-state index contributed by atoms with van der Waals surface area (Å²) in [6, 6.07) is 9.78. The maximum absolute atomic E-state index is 13.0. The average molecular weight is 389 g/mol. The van der Waals surface area contributed by atoms with Crippen LogP contribution in [0.25, 0.3) is 0 Å². The molecule has 2 aliphatic rings. The van der Waals surface area contributed by atoms with Crippen molar-refractivity contribution in [1.29, 1.82) is 0 Å². The van der Waals surface area contributed by atoms with Gasteiger partial charge in [-0.2, -0.15) is 0 Å². The normalized spacial score (nSPS) is 25.1. The lowest BCUT2D eigenvalue weighted by Gasteiger charge is -2.45. The number of nitrogens with zero attached hydrogens (tertiary/aromatic N) is 2.